The van der Waals surface area contributed by atoms with E-state index in [0.717, 1.165) is 29.8 Å². The molecule has 0 spiro atoms. The Morgan fingerprint density at radius 3 is 2.17 bits per heavy atom. The van der Waals surface area contributed by atoms with Crippen molar-refractivity contribution in [1.29, 1.82) is 0 Å². The fraction of sp³-hybridized carbons (Fsp3) is 0.296. The Morgan fingerprint density at radius 2 is 1.47 bits per heavy atom. The molecule has 3 nitrogen and oxygen atoms in total. The molecule has 0 bridgehead atoms. The van der Waals surface area contributed by atoms with Crippen LogP contribution in [0.1, 0.15) is 47.0 Å². The predicted molar refractivity (Wildman–Crippen MR) is 122 cm³/mol. The number of rotatable bonds is 8. The molecule has 2 unspecified atom stereocenters. The molecule has 0 heterocycles. The zero-order valence-electron chi connectivity index (χ0n) is 17.8. The average Bonchev–Trinajstić information content (AvgIpc) is 3.06. The number of hydrogen-bond donors (Lipinski definition) is 0. The van der Waals surface area contributed by atoms with Crippen LogP contribution >= 0.6 is 0 Å². The highest BCUT2D eigenvalue weighted by Gasteiger charge is 2.40. The minimum absolute atomic E-state index is 0.189. The highest BCUT2D eigenvalue weighted by molar-refractivity contribution is 6.03. The number of carbonyl (C=O) groups excluding carboxylic acids is 1. The van der Waals surface area contributed by atoms with E-state index >= 15 is 0 Å². The maximum Gasteiger partial charge on any atom is 0.169 e. The van der Waals surface area contributed by atoms with Gasteiger partial charge in [-0.3, -0.25) is 4.79 Å². The molecule has 0 aliphatic heterocycles. The van der Waals surface area contributed by atoms with E-state index in [1.807, 2.05) is 42.5 Å². The van der Waals surface area contributed by atoms with Gasteiger partial charge in [0.25, 0.3) is 0 Å². The molecule has 154 valence electrons. The SMILES string of the molecule is CCN(CC)c1ccc(CC2C(=O)c3ccccc3C2OCc2ccccc2)cc1. The van der Waals surface area contributed by atoms with Crippen LogP contribution in [0.3, 0.4) is 0 Å². The van der Waals surface area contributed by atoms with E-state index < -0.39 is 0 Å². The van der Waals surface area contributed by atoms with Crippen molar-refractivity contribution in [3.05, 3.63) is 101 Å². The first-order valence-corrected chi connectivity index (χ1v) is 10.8. The second-order valence-electron chi connectivity index (χ2n) is 7.82. The predicted octanol–water partition coefficient (Wildman–Crippen LogP) is 5.85. The van der Waals surface area contributed by atoms with E-state index in [-0.39, 0.29) is 17.8 Å². The van der Waals surface area contributed by atoms with Crippen LogP contribution < -0.4 is 4.90 Å². The van der Waals surface area contributed by atoms with Crippen LogP contribution in [0.25, 0.3) is 0 Å². The van der Waals surface area contributed by atoms with Gasteiger partial charge in [0.15, 0.2) is 5.78 Å². The number of hydrogen-bond acceptors (Lipinski definition) is 3. The van der Waals surface area contributed by atoms with Gasteiger partial charge in [-0.25, -0.2) is 0 Å². The molecule has 0 amide bonds. The van der Waals surface area contributed by atoms with E-state index in [9.17, 15) is 4.79 Å². The summed E-state index contributed by atoms with van der Waals surface area (Å²) in [6.45, 7) is 6.81. The van der Waals surface area contributed by atoms with Crippen molar-refractivity contribution in [2.24, 2.45) is 5.92 Å². The Labute approximate surface area is 179 Å². The number of ketones is 1. The van der Waals surface area contributed by atoms with Gasteiger partial charge in [0.05, 0.1) is 18.6 Å². The van der Waals surface area contributed by atoms with Gasteiger partial charge in [-0.05, 0) is 49.1 Å². The van der Waals surface area contributed by atoms with Crippen LogP contribution in [0, 0.1) is 5.92 Å². The highest BCUT2D eigenvalue weighted by atomic mass is 16.5. The second kappa shape index (κ2) is 9.27. The molecular formula is C27H29NO2. The number of Topliss-reactive ketones (excluding diaryl/α,β-unsaturated/α-hetero) is 1. The van der Waals surface area contributed by atoms with Crippen molar-refractivity contribution in [2.75, 3.05) is 18.0 Å². The minimum atomic E-state index is -0.212. The second-order valence-corrected chi connectivity index (χ2v) is 7.82. The maximum absolute atomic E-state index is 13.2. The monoisotopic (exact) mass is 399 g/mol. The molecule has 4 rings (SSSR count). The van der Waals surface area contributed by atoms with Gasteiger partial charge in [-0.2, -0.15) is 0 Å². The molecule has 2 atom stereocenters. The normalized spacial score (nSPS) is 17.7. The number of nitrogens with zero attached hydrogens (tertiary/aromatic N) is 1. The molecule has 0 fully saturated rings. The van der Waals surface area contributed by atoms with Crippen LogP contribution in [0.2, 0.25) is 0 Å². The lowest BCUT2D eigenvalue weighted by atomic mass is 9.93. The quantitative estimate of drug-likeness (QED) is 0.476. The summed E-state index contributed by atoms with van der Waals surface area (Å²) in [5.41, 5.74) is 5.34. The summed E-state index contributed by atoms with van der Waals surface area (Å²) in [6.07, 6.45) is 0.474. The molecule has 0 radical (unpaired) electrons. The lowest BCUT2D eigenvalue weighted by Gasteiger charge is -2.22. The zero-order chi connectivity index (χ0) is 20.9. The van der Waals surface area contributed by atoms with Gasteiger partial charge < -0.3 is 9.64 Å². The zero-order valence-corrected chi connectivity index (χ0v) is 17.8. The van der Waals surface area contributed by atoms with Crippen molar-refractivity contribution < 1.29 is 9.53 Å². The van der Waals surface area contributed by atoms with Gasteiger partial charge in [0, 0.05) is 24.3 Å². The molecule has 30 heavy (non-hydrogen) atoms. The van der Waals surface area contributed by atoms with E-state index in [4.69, 9.17) is 4.74 Å². The summed E-state index contributed by atoms with van der Waals surface area (Å²) < 4.78 is 6.34. The average molecular weight is 400 g/mol. The number of benzene rings is 3. The molecule has 1 aliphatic rings. The van der Waals surface area contributed by atoms with Crippen LogP contribution in [-0.2, 0) is 17.8 Å². The van der Waals surface area contributed by atoms with Crippen molar-refractivity contribution in [3.8, 4) is 0 Å². The van der Waals surface area contributed by atoms with Crippen molar-refractivity contribution in [3.63, 3.8) is 0 Å². The Bertz CT molecular complexity index is 977. The summed E-state index contributed by atoms with van der Waals surface area (Å²) in [6, 6.07) is 26.7. The third-order valence-electron chi connectivity index (χ3n) is 6.03. The summed E-state index contributed by atoms with van der Waals surface area (Å²) in [5.74, 6) is 0.00176. The van der Waals surface area contributed by atoms with Gasteiger partial charge in [0.2, 0.25) is 0 Å². The fourth-order valence-electron chi connectivity index (χ4n) is 4.37. The molecule has 0 saturated heterocycles. The first kappa shape index (κ1) is 20.4. The Morgan fingerprint density at radius 1 is 0.800 bits per heavy atom. The largest absolute Gasteiger partial charge is 0.372 e. The van der Waals surface area contributed by atoms with Crippen molar-refractivity contribution >= 4 is 11.5 Å². The third kappa shape index (κ3) is 4.17. The van der Waals surface area contributed by atoms with Crippen LogP contribution in [0.5, 0.6) is 0 Å². The van der Waals surface area contributed by atoms with Crippen LogP contribution in [0.4, 0.5) is 5.69 Å². The van der Waals surface area contributed by atoms with Crippen molar-refractivity contribution in [1.82, 2.24) is 0 Å². The van der Waals surface area contributed by atoms with E-state index in [0.29, 0.717) is 13.0 Å². The smallest absolute Gasteiger partial charge is 0.169 e. The lowest BCUT2D eigenvalue weighted by molar-refractivity contribution is 0.0102. The van der Waals surface area contributed by atoms with Crippen molar-refractivity contribution in [2.45, 2.75) is 33.0 Å². The molecular weight excluding hydrogens is 370 g/mol. The first-order valence-electron chi connectivity index (χ1n) is 10.8. The molecule has 3 aromatic rings. The standard InChI is InChI=1S/C27H29NO2/c1-3-28(4-2)22-16-14-20(15-17-22)18-25-26(29)23-12-8-9-13-24(23)27(25)30-19-21-10-6-5-7-11-21/h5-17,25,27H,3-4,18-19H2,1-2H3. The summed E-state index contributed by atoms with van der Waals surface area (Å²) >= 11 is 0. The van der Waals surface area contributed by atoms with Crippen LogP contribution in [0.15, 0.2) is 78.9 Å². The number of fused-ring (bicyclic) bond motifs is 1. The minimum Gasteiger partial charge on any atom is -0.372 e. The summed E-state index contributed by atoms with van der Waals surface area (Å²) in [4.78, 5) is 15.5. The van der Waals surface area contributed by atoms with E-state index in [1.54, 1.807) is 0 Å². The molecule has 0 saturated carbocycles. The Kier molecular flexibility index (Phi) is 6.29. The molecule has 3 heteroatoms. The topological polar surface area (TPSA) is 29.5 Å². The third-order valence-corrected chi connectivity index (χ3v) is 6.03. The van der Waals surface area contributed by atoms with E-state index in [1.165, 1.54) is 11.3 Å². The Hall–Kier alpha value is -2.91. The van der Waals surface area contributed by atoms with E-state index in [2.05, 4.69) is 55.1 Å². The van der Waals surface area contributed by atoms with Gasteiger partial charge >= 0.3 is 0 Å². The number of ether oxygens (including phenoxy) is 1. The summed E-state index contributed by atoms with van der Waals surface area (Å²) in [5, 5.41) is 0. The number of anilines is 1. The lowest BCUT2D eigenvalue weighted by Crippen LogP contribution is -2.22. The maximum atomic E-state index is 13.2. The van der Waals surface area contributed by atoms with Crippen LogP contribution in [-0.4, -0.2) is 18.9 Å². The summed E-state index contributed by atoms with van der Waals surface area (Å²) in [7, 11) is 0. The highest BCUT2D eigenvalue weighted by Crippen LogP contribution is 2.41. The van der Waals surface area contributed by atoms with Gasteiger partial charge in [-0.1, -0.05) is 66.7 Å². The van der Waals surface area contributed by atoms with Gasteiger partial charge in [-0.15, -0.1) is 0 Å². The van der Waals surface area contributed by atoms with Gasteiger partial charge in [0.1, 0.15) is 0 Å². The molecule has 1 aliphatic carbocycles. The fourth-order valence-corrected chi connectivity index (χ4v) is 4.37. The Balaban J connectivity index is 1.55. The molecule has 0 aromatic heterocycles. The molecule has 3 aromatic carbocycles. The molecule has 0 N–H and O–H groups in total. The number of carbonyl (C=O) groups is 1. The first-order chi connectivity index (χ1) is 14.7.